The van der Waals surface area contributed by atoms with E-state index in [1.54, 1.807) is 9.65 Å². The van der Waals surface area contributed by atoms with Gasteiger partial charge in [-0.2, -0.15) is 0 Å². The second kappa shape index (κ2) is 5.54. The molecule has 3 aliphatic heterocycles. The number of ether oxygens (including phenoxy) is 1. The first kappa shape index (κ1) is 15.1. The van der Waals surface area contributed by atoms with Crippen LogP contribution < -0.4 is 25.9 Å². The van der Waals surface area contributed by atoms with E-state index >= 15 is 0 Å². The van der Waals surface area contributed by atoms with E-state index in [0.717, 1.165) is 24.9 Å². The Morgan fingerprint density at radius 2 is 2.22 bits per heavy atom. The number of amides is 1. The Bertz CT molecular complexity index is 766. The monoisotopic (exact) mass is 424 g/mol. The zero-order valence-electron chi connectivity index (χ0n) is 13.2. The van der Waals surface area contributed by atoms with E-state index in [9.17, 15) is 9.90 Å². The quantitative estimate of drug-likeness (QED) is 0.488. The fourth-order valence-electron chi connectivity index (χ4n) is 3.71. The molecule has 1 atom stereocenters. The Morgan fingerprint density at radius 1 is 1.39 bits per heavy atom. The number of benzene rings is 1. The van der Waals surface area contributed by atoms with Gasteiger partial charge in [0.1, 0.15) is 0 Å². The maximum atomic E-state index is 13.0. The molecule has 0 aliphatic carbocycles. The van der Waals surface area contributed by atoms with Gasteiger partial charge in [0.2, 0.25) is 0 Å². The Morgan fingerprint density at radius 3 is 3.00 bits per heavy atom. The van der Waals surface area contributed by atoms with Gasteiger partial charge >= 0.3 is 146 Å². The number of allylic oxidation sites excluding steroid dienone is 1. The van der Waals surface area contributed by atoms with E-state index in [2.05, 4.69) is 13.0 Å². The SMILES string of the molecule is COc1c(O)ccc2c1C(=O)N1CCC3=C(C=C(C)C[I-]3)[C@@H]1C2. The van der Waals surface area contributed by atoms with E-state index in [-0.39, 0.29) is 38.9 Å². The summed E-state index contributed by atoms with van der Waals surface area (Å²) < 4.78 is 8.17. The zero-order chi connectivity index (χ0) is 16.1. The van der Waals surface area contributed by atoms with Crippen molar-refractivity contribution in [2.24, 2.45) is 0 Å². The van der Waals surface area contributed by atoms with Crippen LogP contribution in [0.15, 0.2) is 32.9 Å². The molecular weight excluding hydrogens is 405 g/mol. The molecule has 4 nitrogen and oxygen atoms in total. The third-order valence-electron chi connectivity index (χ3n) is 4.78. The van der Waals surface area contributed by atoms with Crippen molar-refractivity contribution >= 4 is 5.91 Å². The fourth-order valence-corrected chi connectivity index (χ4v) is 6.58. The van der Waals surface area contributed by atoms with Gasteiger partial charge < -0.3 is 0 Å². The molecule has 0 saturated carbocycles. The summed E-state index contributed by atoms with van der Waals surface area (Å²) >= 11 is 0.0903. The maximum absolute atomic E-state index is 13.0. The van der Waals surface area contributed by atoms with Crippen LogP contribution in [0, 0.1) is 0 Å². The number of halogens is 1. The molecule has 0 aromatic heterocycles. The van der Waals surface area contributed by atoms with Crippen LogP contribution in [0.2, 0.25) is 0 Å². The molecule has 0 saturated heterocycles. The van der Waals surface area contributed by atoms with Gasteiger partial charge in [-0.15, -0.1) is 0 Å². The summed E-state index contributed by atoms with van der Waals surface area (Å²) in [6, 6.07) is 3.65. The number of nitrogens with zero attached hydrogens (tertiary/aromatic N) is 1. The average molecular weight is 424 g/mol. The van der Waals surface area contributed by atoms with Crippen LogP contribution in [-0.4, -0.2) is 40.0 Å². The summed E-state index contributed by atoms with van der Waals surface area (Å²) in [5.41, 5.74) is 4.35. The molecule has 0 spiro atoms. The molecule has 1 aromatic carbocycles. The molecule has 0 bridgehead atoms. The molecule has 0 fully saturated rings. The molecule has 23 heavy (non-hydrogen) atoms. The number of alkyl halides is 1. The molecule has 3 aliphatic rings. The number of carbonyl (C=O) groups is 1. The predicted molar refractivity (Wildman–Crippen MR) is 83.5 cm³/mol. The van der Waals surface area contributed by atoms with Gasteiger partial charge in [-0.1, -0.05) is 0 Å². The number of phenolic OH excluding ortho intramolecular Hbond substituents is 1. The number of rotatable bonds is 1. The van der Waals surface area contributed by atoms with Crippen LogP contribution in [0.25, 0.3) is 0 Å². The molecular formula is C18H19INO3-. The van der Waals surface area contributed by atoms with E-state index < -0.39 is 0 Å². The third kappa shape index (κ3) is 2.28. The minimum atomic E-state index is -0.00891. The van der Waals surface area contributed by atoms with Crippen LogP contribution in [0.4, 0.5) is 0 Å². The van der Waals surface area contributed by atoms with Gasteiger partial charge in [0.25, 0.3) is 0 Å². The number of phenols is 1. The van der Waals surface area contributed by atoms with Crippen LogP contribution in [0.3, 0.4) is 0 Å². The van der Waals surface area contributed by atoms with Crippen molar-refractivity contribution in [3.05, 3.63) is 44.1 Å². The molecule has 122 valence electrons. The number of aromatic hydroxyl groups is 1. The summed E-state index contributed by atoms with van der Waals surface area (Å²) in [5.74, 6) is 0.341. The second-order valence-electron chi connectivity index (χ2n) is 6.24. The van der Waals surface area contributed by atoms with Crippen LogP contribution in [0.1, 0.15) is 29.3 Å². The first-order valence-electron chi connectivity index (χ1n) is 7.79. The van der Waals surface area contributed by atoms with Crippen molar-refractivity contribution in [3.63, 3.8) is 0 Å². The minimum absolute atomic E-state index is 0.00891. The van der Waals surface area contributed by atoms with E-state index in [4.69, 9.17) is 4.74 Å². The van der Waals surface area contributed by atoms with Gasteiger partial charge in [-0.3, -0.25) is 0 Å². The van der Waals surface area contributed by atoms with E-state index in [0.29, 0.717) is 11.3 Å². The molecule has 1 aromatic rings. The zero-order valence-corrected chi connectivity index (χ0v) is 15.4. The van der Waals surface area contributed by atoms with Crippen molar-refractivity contribution in [2.75, 3.05) is 18.1 Å². The molecule has 4 rings (SSSR count). The summed E-state index contributed by atoms with van der Waals surface area (Å²) in [6.07, 6.45) is 4.13. The topological polar surface area (TPSA) is 49.8 Å². The predicted octanol–water partition coefficient (Wildman–Crippen LogP) is -0.526. The summed E-state index contributed by atoms with van der Waals surface area (Å²) in [7, 11) is 1.50. The number of hydrogen-bond acceptors (Lipinski definition) is 3. The van der Waals surface area contributed by atoms with Crippen LogP contribution in [-0.2, 0) is 6.42 Å². The van der Waals surface area contributed by atoms with E-state index in [1.165, 1.54) is 22.7 Å². The van der Waals surface area contributed by atoms with E-state index in [1.807, 2.05) is 11.0 Å². The average Bonchev–Trinajstić information content (AvgIpc) is 2.55. The van der Waals surface area contributed by atoms with Crippen LogP contribution in [0.5, 0.6) is 11.5 Å². The number of methoxy groups -OCH3 is 1. The molecule has 1 N–H and O–H groups in total. The van der Waals surface area contributed by atoms with Crippen molar-refractivity contribution in [2.45, 2.75) is 25.8 Å². The van der Waals surface area contributed by atoms with Crippen molar-refractivity contribution < 1.29 is 35.8 Å². The summed E-state index contributed by atoms with van der Waals surface area (Å²) in [4.78, 5) is 15.0. The Balaban J connectivity index is 1.83. The molecule has 1 amide bonds. The molecule has 3 heterocycles. The number of carbonyl (C=O) groups excluding carboxylic acids is 1. The van der Waals surface area contributed by atoms with Crippen LogP contribution >= 0.6 is 0 Å². The summed E-state index contributed by atoms with van der Waals surface area (Å²) in [6.45, 7) is 2.98. The first-order chi connectivity index (χ1) is 11.1. The summed E-state index contributed by atoms with van der Waals surface area (Å²) in [5, 5.41) is 9.99. The first-order valence-corrected chi connectivity index (χ1v) is 10.4. The van der Waals surface area contributed by atoms with Gasteiger partial charge in [0.15, 0.2) is 0 Å². The van der Waals surface area contributed by atoms with Gasteiger partial charge in [0.05, 0.1) is 0 Å². The molecule has 5 heteroatoms. The Labute approximate surface area is 146 Å². The Hall–Kier alpha value is -1.50. The fraction of sp³-hybridized carbons (Fsp3) is 0.389. The number of fused-ring (bicyclic) bond motifs is 3. The van der Waals surface area contributed by atoms with Gasteiger partial charge in [-0.25, -0.2) is 0 Å². The molecule has 0 radical (unpaired) electrons. The van der Waals surface area contributed by atoms with Gasteiger partial charge in [-0.05, 0) is 0 Å². The number of hydrogen-bond donors (Lipinski definition) is 1. The second-order valence-corrected chi connectivity index (χ2v) is 9.07. The van der Waals surface area contributed by atoms with Gasteiger partial charge in [0, 0.05) is 0 Å². The molecule has 0 unspecified atom stereocenters. The Kier molecular flexibility index (Phi) is 3.63. The van der Waals surface area contributed by atoms with Crippen molar-refractivity contribution in [1.82, 2.24) is 4.90 Å². The third-order valence-corrected chi connectivity index (χ3v) is 8.44. The normalized spacial score (nSPS) is 23.4. The standard InChI is InChI=1S/C18H19INO3/c1-10-7-12-13(19-9-10)5-6-20-14(12)8-11-3-4-15(21)17(23-2)16(11)18(20)22/h3-4,7,14,21H,5-6,8-9H2,1-2H3/q-1/t14-/m0/s1. The van der Waals surface area contributed by atoms with Crippen molar-refractivity contribution in [3.8, 4) is 11.5 Å². The van der Waals surface area contributed by atoms with Crippen molar-refractivity contribution in [1.29, 1.82) is 0 Å².